The summed E-state index contributed by atoms with van der Waals surface area (Å²) in [7, 11) is 0. The molecular weight excluding hydrogens is 755 g/mol. The lowest BCUT2D eigenvalue weighted by molar-refractivity contribution is 0.0527. The third-order valence-corrected chi connectivity index (χ3v) is 10.9. The van der Waals surface area contributed by atoms with Crippen LogP contribution in [0.4, 0.5) is 20.4 Å². The molecule has 56 heavy (non-hydrogen) atoms. The van der Waals surface area contributed by atoms with Crippen molar-refractivity contribution in [3.8, 4) is 0 Å². The first-order valence-corrected chi connectivity index (χ1v) is 21.0. The normalized spacial score (nSPS) is 16.9. The van der Waals surface area contributed by atoms with Crippen molar-refractivity contribution >= 4 is 47.0 Å². The van der Waals surface area contributed by atoms with Gasteiger partial charge in [0.05, 0.1) is 36.5 Å². The Morgan fingerprint density at radius 3 is 1.48 bits per heavy atom. The maximum Gasteiger partial charge on any atom is 0.254 e. The number of nitrogens with zero attached hydrogens (tertiary/aromatic N) is 4. The van der Waals surface area contributed by atoms with E-state index >= 15 is 0 Å². The van der Waals surface area contributed by atoms with E-state index in [4.69, 9.17) is 19.4 Å². The molecule has 14 heteroatoms. The summed E-state index contributed by atoms with van der Waals surface area (Å²) in [5.41, 5.74) is 4.40. The van der Waals surface area contributed by atoms with Gasteiger partial charge in [0, 0.05) is 39.3 Å². The van der Waals surface area contributed by atoms with Crippen LogP contribution in [0, 0.1) is 25.5 Å². The van der Waals surface area contributed by atoms with Crippen molar-refractivity contribution in [3.63, 3.8) is 0 Å². The SMILES string of the molecule is CCSc1nc(N2CCO[C@@H](C)C2)cc(C)c1C(=O)NCc1cccc(F)c1.CCSc1nc(N2CCO[C@H](C)C2)cc(C)c1C(=O)NCc1cccc(F)c1. The molecule has 0 saturated carbocycles. The minimum Gasteiger partial charge on any atom is -0.375 e. The fourth-order valence-electron chi connectivity index (χ4n) is 6.50. The number of hydrogen-bond acceptors (Lipinski definition) is 10. The molecular formula is C42H52F2N6O4S2. The van der Waals surface area contributed by atoms with Crippen LogP contribution in [-0.4, -0.2) is 84.9 Å². The van der Waals surface area contributed by atoms with Gasteiger partial charge in [-0.15, -0.1) is 23.5 Å². The second-order valence-electron chi connectivity index (χ2n) is 13.7. The summed E-state index contributed by atoms with van der Waals surface area (Å²) in [4.78, 5) is 39.7. The number of pyridine rings is 2. The van der Waals surface area contributed by atoms with Gasteiger partial charge in [0.25, 0.3) is 11.8 Å². The lowest BCUT2D eigenvalue weighted by Crippen LogP contribution is -2.41. The van der Waals surface area contributed by atoms with Crippen LogP contribution < -0.4 is 20.4 Å². The topological polar surface area (TPSA) is 109 Å². The molecule has 2 atom stereocenters. The van der Waals surface area contributed by atoms with Crippen LogP contribution in [0.2, 0.25) is 0 Å². The van der Waals surface area contributed by atoms with Crippen molar-refractivity contribution in [2.24, 2.45) is 0 Å². The maximum atomic E-state index is 13.4. The molecule has 2 saturated heterocycles. The largest absolute Gasteiger partial charge is 0.375 e. The average molecular weight is 807 g/mol. The summed E-state index contributed by atoms with van der Waals surface area (Å²) in [5.74, 6) is 2.40. The number of nitrogens with one attached hydrogen (secondary N) is 2. The molecule has 4 heterocycles. The van der Waals surface area contributed by atoms with E-state index in [0.29, 0.717) is 24.3 Å². The van der Waals surface area contributed by atoms with Crippen molar-refractivity contribution in [2.75, 3.05) is 60.7 Å². The van der Waals surface area contributed by atoms with Crippen LogP contribution in [-0.2, 0) is 22.6 Å². The van der Waals surface area contributed by atoms with Crippen LogP contribution >= 0.6 is 23.5 Å². The summed E-state index contributed by atoms with van der Waals surface area (Å²) in [6.07, 6.45) is 0.319. The lowest BCUT2D eigenvalue weighted by atomic mass is 10.1. The molecule has 0 spiro atoms. The predicted octanol–water partition coefficient (Wildman–Crippen LogP) is 7.59. The lowest BCUT2D eigenvalue weighted by Gasteiger charge is -2.32. The van der Waals surface area contributed by atoms with Gasteiger partial charge in [0.15, 0.2) is 0 Å². The molecule has 0 bridgehead atoms. The molecule has 300 valence electrons. The van der Waals surface area contributed by atoms with Gasteiger partial charge >= 0.3 is 0 Å². The van der Waals surface area contributed by atoms with Crippen LogP contribution in [0.1, 0.15) is 70.7 Å². The quantitative estimate of drug-likeness (QED) is 0.139. The minimum atomic E-state index is -0.309. The Morgan fingerprint density at radius 2 is 1.12 bits per heavy atom. The number of anilines is 2. The number of aromatic nitrogens is 2. The number of ether oxygens (including phenoxy) is 2. The van der Waals surface area contributed by atoms with Gasteiger partial charge in [-0.05, 0) is 97.9 Å². The minimum absolute atomic E-state index is 0.160. The molecule has 4 aromatic rings. The summed E-state index contributed by atoms with van der Waals surface area (Å²) >= 11 is 3.12. The van der Waals surface area contributed by atoms with E-state index in [-0.39, 0.29) is 48.7 Å². The highest BCUT2D eigenvalue weighted by Crippen LogP contribution is 2.30. The highest BCUT2D eigenvalue weighted by molar-refractivity contribution is 7.99. The Bertz CT molecular complexity index is 1830. The van der Waals surface area contributed by atoms with Crippen molar-refractivity contribution in [1.29, 1.82) is 0 Å². The van der Waals surface area contributed by atoms with E-state index in [9.17, 15) is 18.4 Å². The van der Waals surface area contributed by atoms with Crippen molar-refractivity contribution in [2.45, 2.75) is 76.9 Å². The first kappa shape index (κ1) is 42.9. The zero-order valence-electron chi connectivity index (χ0n) is 33.0. The molecule has 2 fully saturated rings. The summed E-state index contributed by atoms with van der Waals surface area (Å²) < 4.78 is 37.9. The highest BCUT2D eigenvalue weighted by atomic mass is 32.2. The third-order valence-electron chi connectivity index (χ3n) is 9.17. The Kier molecular flexibility index (Phi) is 15.9. The fourth-order valence-corrected chi connectivity index (χ4v) is 8.16. The van der Waals surface area contributed by atoms with Crippen LogP contribution in [0.3, 0.4) is 0 Å². The second-order valence-corrected chi connectivity index (χ2v) is 16.2. The van der Waals surface area contributed by atoms with Gasteiger partial charge < -0.3 is 29.9 Å². The third kappa shape index (κ3) is 11.9. The number of thioether (sulfide) groups is 2. The predicted molar refractivity (Wildman–Crippen MR) is 221 cm³/mol. The molecule has 0 radical (unpaired) electrons. The molecule has 2 aromatic carbocycles. The van der Waals surface area contributed by atoms with Crippen LogP contribution in [0.25, 0.3) is 0 Å². The smallest absolute Gasteiger partial charge is 0.254 e. The zero-order chi connectivity index (χ0) is 40.2. The Morgan fingerprint density at radius 1 is 0.714 bits per heavy atom. The molecule has 2 aromatic heterocycles. The number of halogens is 2. The van der Waals surface area contributed by atoms with E-state index in [1.54, 1.807) is 47.8 Å². The highest BCUT2D eigenvalue weighted by Gasteiger charge is 2.24. The number of amides is 2. The second kappa shape index (κ2) is 20.8. The monoisotopic (exact) mass is 806 g/mol. The molecule has 0 aliphatic carbocycles. The van der Waals surface area contributed by atoms with Gasteiger partial charge in [-0.25, -0.2) is 18.7 Å². The summed E-state index contributed by atoms with van der Waals surface area (Å²) in [6.45, 7) is 17.1. The summed E-state index contributed by atoms with van der Waals surface area (Å²) in [5, 5.41) is 7.25. The van der Waals surface area contributed by atoms with E-state index < -0.39 is 0 Å². The maximum absolute atomic E-state index is 13.4. The fraction of sp³-hybridized carbons (Fsp3) is 0.429. The van der Waals surface area contributed by atoms with E-state index in [0.717, 1.165) is 81.6 Å². The van der Waals surface area contributed by atoms with Crippen LogP contribution in [0.5, 0.6) is 0 Å². The molecule has 2 N–H and O–H groups in total. The van der Waals surface area contributed by atoms with E-state index in [1.807, 2.05) is 39.8 Å². The molecule has 6 rings (SSSR count). The van der Waals surface area contributed by atoms with Crippen molar-refractivity contribution < 1.29 is 27.8 Å². The molecule has 0 unspecified atom stereocenters. The van der Waals surface area contributed by atoms with Crippen molar-refractivity contribution in [1.82, 2.24) is 20.6 Å². The number of rotatable bonds is 12. The number of hydrogen-bond donors (Lipinski definition) is 2. The number of benzene rings is 2. The Balaban J connectivity index is 0.000000214. The van der Waals surface area contributed by atoms with Gasteiger partial charge in [-0.2, -0.15) is 0 Å². The number of aryl methyl sites for hydroxylation is 2. The van der Waals surface area contributed by atoms with Crippen molar-refractivity contribution in [3.05, 3.63) is 106 Å². The van der Waals surface area contributed by atoms with Gasteiger partial charge in [-0.1, -0.05) is 38.1 Å². The first-order chi connectivity index (χ1) is 26.9. The van der Waals surface area contributed by atoms with Crippen LogP contribution in [0.15, 0.2) is 70.7 Å². The number of carbonyl (C=O) groups excluding carboxylic acids is 2. The number of carbonyl (C=O) groups is 2. The molecule has 2 aliphatic rings. The Hall–Kier alpha value is -4.24. The molecule has 2 aliphatic heterocycles. The van der Waals surface area contributed by atoms with E-state index in [2.05, 4.69) is 34.3 Å². The molecule has 10 nitrogen and oxygen atoms in total. The van der Waals surface area contributed by atoms with Gasteiger partial charge in [0.2, 0.25) is 0 Å². The van der Waals surface area contributed by atoms with Gasteiger partial charge in [0.1, 0.15) is 33.3 Å². The van der Waals surface area contributed by atoms with Gasteiger partial charge in [-0.3, -0.25) is 9.59 Å². The first-order valence-electron chi connectivity index (χ1n) is 19.0. The van der Waals surface area contributed by atoms with E-state index in [1.165, 1.54) is 24.3 Å². The molecule has 2 amide bonds. The average Bonchev–Trinajstić information content (AvgIpc) is 3.16. The zero-order valence-corrected chi connectivity index (χ0v) is 34.6. The summed E-state index contributed by atoms with van der Waals surface area (Å²) in [6, 6.07) is 16.4. The standard InChI is InChI=1S/2C21H26FN3O2S/c2*1-4-28-21-19(20(26)23-12-16-6-5-7-17(22)11-16)14(2)10-18(24-21)25-8-9-27-15(3)13-25/h2*5-7,10-11,15H,4,8-9,12-13H2,1-3H3,(H,23,26)/t2*15-/m10/s1. The number of morpholine rings is 2. The Labute approximate surface area is 337 Å².